The molecular weight excluding hydrogens is 396 g/mol. The van der Waals surface area contributed by atoms with Crippen molar-refractivity contribution in [3.8, 4) is 5.75 Å². The number of fused-ring (bicyclic) bond motifs is 5. The normalized spacial score (nSPS) is 33.7. The van der Waals surface area contributed by atoms with E-state index >= 15 is 0 Å². The van der Waals surface area contributed by atoms with Crippen LogP contribution in [-0.4, -0.2) is 18.6 Å². The van der Waals surface area contributed by atoms with Crippen molar-refractivity contribution < 1.29 is 9.53 Å². The van der Waals surface area contributed by atoms with Gasteiger partial charge in [-0.05, 0) is 115 Å². The predicted octanol–water partition coefficient (Wildman–Crippen LogP) is 5.41. The molecule has 3 aliphatic carbocycles. The molecule has 4 rings (SSSR count). The van der Waals surface area contributed by atoms with E-state index in [4.69, 9.17) is 16.2 Å². The minimum absolute atomic E-state index is 0.221. The second-order valence-corrected chi connectivity index (χ2v) is 12.2. The smallest absolute Gasteiger partial charge is 0.328 e. The lowest BCUT2D eigenvalue weighted by molar-refractivity contribution is -0.136. The minimum atomic E-state index is -0.584. The molecule has 1 unspecified atom stereocenters. The Bertz CT molecular complexity index is 878. The summed E-state index contributed by atoms with van der Waals surface area (Å²) in [6, 6.07) is 3.62. The molecule has 0 aliphatic heterocycles. The Labute approximate surface area is 194 Å². The van der Waals surface area contributed by atoms with Crippen molar-refractivity contribution in [3.63, 3.8) is 0 Å². The number of unbranched alkanes of at least 4 members (excludes halogenated alkanes) is 1. The highest BCUT2D eigenvalue weighted by atomic mass is 16.5. The zero-order chi connectivity index (χ0) is 23.3. The lowest BCUT2D eigenvalue weighted by atomic mass is 9.43. The Balaban J connectivity index is 1.58. The number of hydrogen-bond donors (Lipinski definition) is 2. The van der Waals surface area contributed by atoms with Crippen molar-refractivity contribution in [3.05, 3.63) is 28.8 Å². The molecule has 2 fully saturated rings. The van der Waals surface area contributed by atoms with E-state index in [1.165, 1.54) is 48.8 Å². The number of rotatable bonds is 6. The van der Waals surface area contributed by atoms with Crippen LogP contribution in [0.5, 0.6) is 5.75 Å². The Morgan fingerprint density at radius 3 is 2.59 bits per heavy atom. The molecule has 1 aromatic rings. The zero-order valence-electron chi connectivity index (χ0n) is 20.9. The van der Waals surface area contributed by atoms with Crippen LogP contribution in [0.2, 0.25) is 0 Å². The molecule has 1 aromatic carbocycles. The molecular formula is C28H44N2O2. The van der Waals surface area contributed by atoms with Gasteiger partial charge in [-0.1, -0.05) is 40.5 Å². The number of nitrogens with two attached hydrogens (primary N) is 2. The van der Waals surface area contributed by atoms with Crippen molar-refractivity contribution in [2.45, 2.75) is 104 Å². The topological polar surface area (TPSA) is 78.3 Å². The fourth-order valence-electron chi connectivity index (χ4n) is 8.31. The van der Waals surface area contributed by atoms with Gasteiger partial charge in [-0.25, -0.2) is 4.79 Å². The first kappa shape index (κ1) is 23.8. The number of benzene rings is 1. The zero-order valence-corrected chi connectivity index (χ0v) is 20.9. The maximum Gasteiger partial charge on any atom is 0.328 e. The van der Waals surface area contributed by atoms with Crippen LogP contribution in [0, 0.1) is 29.6 Å². The predicted molar refractivity (Wildman–Crippen MR) is 131 cm³/mol. The Hall–Kier alpha value is -1.39. The quantitative estimate of drug-likeness (QED) is 0.352. The standard InChI is InChI=1S/C28H44N2O2/c1-18-15-20(32-25(31)21(30)9-6-7-14-29)16-19-17-23-27(4)12-8-11-26(2,3)22(27)10-13-28(23,5)24(18)19/h15-16,21-23H,6-14,17,29-30H2,1-5H3/t21?,22-,23-,27-,28+/m0/s1. The highest BCUT2D eigenvalue weighted by Crippen LogP contribution is 2.67. The molecule has 0 radical (unpaired) electrons. The lowest BCUT2D eigenvalue weighted by Gasteiger charge is -2.61. The van der Waals surface area contributed by atoms with Gasteiger partial charge in [0.25, 0.3) is 0 Å². The van der Waals surface area contributed by atoms with Crippen molar-refractivity contribution in [2.24, 2.45) is 34.1 Å². The molecule has 5 atom stereocenters. The molecule has 4 nitrogen and oxygen atoms in total. The molecule has 4 heteroatoms. The summed E-state index contributed by atoms with van der Waals surface area (Å²) in [7, 11) is 0. The number of esters is 1. The number of carbonyl (C=O) groups excluding carboxylic acids is 1. The number of carbonyl (C=O) groups is 1. The fraction of sp³-hybridized carbons (Fsp3) is 0.750. The van der Waals surface area contributed by atoms with E-state index in [0.717, 1.165) is 25.2 Å². The van der Waals surface area contributed by atoms with Crippen molar-refractivity contribution in [2.75, 3.05) is 6.54 Å². The maximum absolute atomic E-state index is 12.6. The first-order valence-electron chi connectivity index (χ1n) is 12.8. The van der Waals surface area contributed by atoms with E-state index in [1.807, 2.05) is 0 Å². The second-order valence-electron chi connectivity index (χ2n) is 12.2. The van der Waals surface area contributed by atoms with Gasteiger partial charge < -0.3 is 16.2 Å². The summed E-state index contributed by atoms with van der Waals surface area (Å²) >= 11 is 0. The van der Waals surface area contributed by atoms with Gasteiger partial charge in [0.15, 0.2) is 0 Å². The molecule has 32 heavy (non-hydrogen) atoms. The number of ether oxygens (including phenoxy) is 1. The molecule has 3 aliphatic rings. The summed E-state index contributed by atoms with van der Waals surface area (Å²) in [6.07, 6.45) is 10.1. The average molecular weight is 441 g/mol. The van der Waals surface area contributed by atoms with Crippen molar-refractivity contribution in [1.29, 1.82) is 0 Å². The summed E-state index contributed by atoms with van der Waals surface area (Å²) in [5.41, 5.74) is 16.8. The van der Waals surface area contributed by atoms with Gasteiger partial charge >= 0.3 is 5.97 Å². The van der Waals surface area contributed by atoms with Gasteiger partial charge in [-0.2, -0.15) is 0 Å². The van der Waals surface area contributed by atoms with E-state index in [0.29, 0.717) is 35.5 Å². The molecule has 4 N–H and O–H groups in total. The van der Waals surface area contributed by atoms with Crippen LogP contribution in [0.25, 0.3) is 0 Å². The van der Waals surface area contributed by atoms with Gasteiger partial charge in [-0.3, -0.25) is 0 Å². The molecule has 2 saturated carbocycles. The van der Waals surface area contributed by atoms with Crippen LogP contribution in [0.3, 0.4) is 0 Å². The highest BCUT2D eigenvalue weighted by Gasteiger charge is 2.61. The Morgan fingerprint density at radius 2 is 1.88 bits per heavy atom. The Morgan fingerprint density at radius 1 is 1.12 bits per heavy atom. The second kappa shape index (κ2) is 8.43. The number of aryl methyl sites for hydroxylation is 1. The van der Waals surface area contributed by atoms with Gasteiger partial charge in [0.2, 0.25) is 0 Å². The van der Waals surface area contributed by atoms with Gasteiger partial charge in [-0.15, -0.1) is 0 Å². The lowest BCUT2D eigenvalue weighted by Crippen LogP contribution is -2.55. The first-order chi connectivity index (χ1) is 15.0. The molecule has 0 heterocycles. The summed E-state index contributed by atoms with van der Waals surface area (Å²) < 4.78 is 5.77. The van der Waals surface area contributed by atoms with E-state index in [1.54, 1.807) is 0 Å². The van der Waals surface area contributed by atoms with E-state index < -0.39 is 6.04 Å². The third-order valence-electron chi connectivity index (χ3n) is 9.67. The van der Waals surface area contributed by atoms with Crippen LogP contribution in [0.4, 0.5) is 0 Å². The highest BCUT2D eigenvalue weighted by molar-refractivity contribution is 5.78. The molecule has 0 bridgehead atoms. The van der Waals surface area contributed by atoms with Crippen molar-refractivity contribution in [1.82, 2.24) is 0 Å². The summed E-state index contributed by atoms with van der Waals surface area (Å²) in [5, 5.41) is 0. The summed E-state index contributed by atoms with van der Waals surface area (Å²) in [5.74, 6) is 1.78. The summed E-state index contributed by atoms with van der Waals surface area (Å²) in [6.45, 7) is 12.9. The van der Waals surface area contributed by atoms with Crippen molar-refractivity contribution >= 4 is 5.97 Å². The van der Waals surface area contributed by atoms with Crippen LogP contribution >= 0.6 is 0 Å². The average Bonchev–Trinajstić information content (AvgIpc) is 3.01. The fourth-order valence-corrected chi connectivity index (χ4v) is 8.31. The largest absolute Gasteiger partial charge is 0.425 e. The van der Waals surface area contributed by atoms with Crippen LogP contribution in [0.15, 0.2) is 12.1 Å². The molecule has 0 amide bonds. The van der Waals surface area contributed by atoms with Gasteiger partial charge in [0.1, 0.15) is 11.8 Å². The van der Waals surface area contributed by atoms with E-state index in [2.05, 4.69) is 46.8 Å². The molecule has 0 aromatic heterocycles. The SMILES string of the molecule is Cc1cc(OC(=O)C(N)CCCCN)cc2c1[C@]1(C)CC[C@H]3C(C)(C)CCC[C@]3(C)[C@@H]1C2. The summed E-state index contributed by atoms with van der Waals surface area (Å²) in [4.78, 5) is 12.6. The van der Waals surface area contributed by atoms with E-state index in [9.17, 15) is 4.79 Å². The van der Waals surface area contributed by atoms with Crippen LogP contribution < -0.4 is 16.2 Å². The third-order valence-corrected chi connectivity index (χ3v) is 9.67. The van der Waals surface area contributed by atoms with Crippen LogP contribution in [-0.2, 0) is 16.6 Å². The van der Waals surface area contributed by atoms with E-state index in [-0.39, 0.29) is 11.4 Å². The molecule has 0 saturated heterocycles. The molecule has 0 spiro atoms. The number of hydrogen-bond acceptors (Lipinski definition) is 4. The monoisotopic (exact) mass is 440 g/mol. The third kappa shape index (κ3) is 3.81. The van der Waals surface area contributed by atoms with Crippen LogP contribution in [0.1, 0.15) is 95.8 Å². The first-order valence-corrected chi connectivity index (χ1v) is 12.8. The molecule has 178 valence electrons. The maximum atomic E-state index is 12.6. The minimum Gasteiger partial charge on any atom is -0.425 e. The van der Waals surface area contributed by atoms with Gasteiger partial charge in [0, 0.05) is 0 Å². The Kier molecular flexibility index (Phi) is 6.26. The van der Waals surface area contributed by atoms with Gasteiger partial charge in [0.05, 0.1) is 0 Å².